The van der Waals surface area contributed by atoms with Gasteiger partial charge in [0.15, 0.2) is 0 Å². The molecule has 104 valence electrons. The van der Waals surface area contributed by atoms with Crippen LogP contribution < -0.4 is 0 Å². The first-order valence-corrected chi connectivity index (χ1v) is 7.06. The van der Waals surface area contributed by atoms with Crippen LogP contribution in [0.1, 0.15) is 6.42 Å². The van der Waals surface area contributed by atoms with Crippen LogP contribution in [0.15, 0.2) is 0 Å². The number of carbonyl (C=O) groups excluding carboxylic acids is 1. The molecule has 1 N–H and O–H groups in total. The van der Waals surface area contributed by atoms with Crippen molar-refractivity contribution in [2.75, 3.05) is 45.9 Å². The molecule has 0 spiro atoms. The van der Waals surface area contributed by atoms with Gasteiger partial charge in [-0.3, -0.25) is 0 Å². The average Bonchev–Trinajstić information content (AvgIpc) is 2.76. The van der Waals surface area contributed by atoms with Crippen LogP contribution in [-0.4, -0.2) is 83.7 Å². The fourth-order valence-electron chi connectivity index (χ4n) is 1.77. The zero-order valence-electron chi connectivity index (χ0n) is 11.1. The van der Waals surface area contributed by atoms with Crippen molar-refractivity contribution in [3.63, 3.8) is 0 Å². The summed E-state index contributed by atoms with van der Waals surface area (Å²) < 4.78 is 0. The van der Waals surface area contributed by atoms with Crippen molar-refractivity contribution in [3.05, 3.63) is 0 Å². The van der Waals surface area contributed by atoms with E-state index in [4.69, 9.17) is 5.11 Å². The van der Waals surface area contributed by atoms with E-state index in [-0.39, 0.29) is 6.03 Å². The molecule has 6 nitrogen and oxygen atoms in total. The van der Waals surface area contributed by atoms with Crippen molar-refractivity contribution in [2.45, 2.75) is 12.5 Å². The molecule has 0 bridgehead atoms. The molecule has 1 atom stereocenters. The predicted molar refractivity (Wildman–Crippen MR) is 71.8 cm³/mol. The maximum atomic E-state index is 12.1. The summed E-state index contributed by atoms with van der Waals surface area (Å²) in [7, 11) is 5.69. The van der Waals surface area contributed by atoms with Crippen molar-refractivity contribution < 1.29 is 14.7 Å². The van der Waals surface area contributed by atoms with Crippen LogP contribution in [0.4, 0.5) is 4.79 Å². The van der Waals surface area contributed by atoms with Gasteiger partial charge in [0.1, 0.15) is 6.04 Å². The lowest BCUT2D eigenvalue weighted by molar-refractivity contribution is -0.140. The summed E-state index contributed by atoms with van der Waals surface area (Å²) in [6.07, 6.45) is 0.883. The predicted octanol–water partition coefficient (Wildman–Crippen LogP) is 0.449. The number of thioether (sulfide) groups is 1. The average molecular weight is 275 g/mol. The fourth-order valence-corrected chi connectivity index (χ4v) is 2.91. The highest BCUT2D eigenvalue weighted by Crippen LogP contribution is 2.22. The molecule has 0 unspecified atom stereocenters. The molecule has 0 aromatic rings. The number of amides is 2. The topological polar surface area (TPSA) is 64.1 Å². The second-order valence-electron chi connectivity index (χ2n) is 4.68. The second kappa shape index (κ2) is 6.84. The lowest BCUT2D eigenvalue weighted by Gasteiger charge is -2.27. The van der Waals surface area contributed by atoms with E-state index >= 15 is 0 Å². The van der Waals surface area contributed by atoms with Gasteiger partial charge in [-0.1, -0.05) is 0 Å². The molecule has 0 aromatic heterocycles. The maximum absolute atomic E-state index is 12.1. The SMILES string of the molecule is CN(C)CCCN(C)C(=O)N1CSC[C@H]1C(=O)O. The minimum atomic E-state index is -0.921. The van der Waals surface area contributed by atoms with E-state index < -0.39 is 12.0 Å². The molecule has 7 heteroatoms. The Kier molecular flexibility index (Phi) is 5.74. The van der Waals surface area contributed by atoms with Crippen LogP contribution in [0.2, 0.25) is 0 Å². The largest absolute Gasteiger partial charge is 0.480 e. The number of aliphatic carboxylic acids is 1. The van der Waals surface area contributed by atoms with Gasteiger partial charge in [0.25, 0.3) is 0 Å². The highest BCUT2D eigenvalue weighted by molar-refractivity contribution is 7.99. The Balaban J connectivity index is 2.45. The lowest BCUT2D eigenvalue weighted by atomic mass is 10.3. The molecule has 0 aliphatic carbocycles. The van der Waals surface area contributed by atoms with E-state index in [1.165, 1.54) is 16.7 Å². The van der Waals surface area contributed by atoms with Gasteiger partial charge in [-0.2, -0.15) is 0 Å². The zero-order valence-corrected chi connectivity index (χ0v) is 11.9. The molecule has 1 saturated heterocycles. The standard InChI is InChI=1S/C11H21N3O3S/c1-12(2)5-4-6-13(3)11(17)14-8-18-7-9(14)10(15)16/h9H,4-8H2,1-3H3,(H,15,16)/t9-/m0/s1. The number of nitrogens with zero attached hydrogens (tertiary/aromatic N) is 3. The zero-order chi connectivity index (χ0) is 13.7. The van der Waals surface area contributed by atoms with Gasteiger partial charge in [0.2, 0.25) is 0 Å². The number of carbonyl (C=O) groups is 2. The molecule has 1 heterocycles. The lowest BCUT2D eigenvalue weighted by Crippen LogP contribution is -2.47. The molecule has 2 amide bonds. The molecule has 1 rings (SSSR count). The third-order valence-electron chi connectivity index (χ3n) is 2.84. The monoisotopic (exact) mass is 275 g/mol. The normalized spacial score (nSPS) is 19.3. The Bertz CT molecular complexity index is 312. The Morgan fingerprint density at radius 2 is 2.00 bits per heavy atom. The minimum Gasteiger partial charge on any atom is -0.480 e. The van der Waals surface area contributed by atoms with E-state index in [1.807, 2.05) is 14.1 Å². The number of urea groups is 1. The Morgan fingerprint density at radius 3 is 2.56 bits per heavy atom. The van der Waals surface area contributed by atoms with Crippen LogP contribution >= 0.6 is 11.8 Å². The van der Waals surface area contributed by atoms with Gasteiger partial charge >= 0.3 is 12.0 Å². The van der Waals surface area contributed by atoms with E-state index in [0.29, 0.717) is 18.2 Å². The molecule has 0 radical (unpaired) electrons. The minimum absolute atomic E-state index is 0.189. The summed E-state index contributed by atoms with van der Waals surface area (Å²) in [6.45, 7) is 1.55. The molecule has 0 aromatic carbocycles. The van der Waals surface area contributed by atoms with E-state index in [9.17, 15) is 9.59 Å². The van der Waals surface area contributed by atoms with Gasteiger partial charge in [0, 0.05) is 19.3 Å². The van der Waals surface area contributed by atoms with Crippen molar-refractivity contribution in [1.29, 1.82) is 0 Å². The number of rotatable bonds is 5. The first kappa shape index (κ1) is 15.1. The maximum Gasteiger partial charge on any atom is 0.327 e. The van der Waals surface area contributed by atoms with E-state index in [0.717, 1.165) is 13.0 Å². The highest BCUT2D eigenvalue weighted by Gasteiger charge is 2.35. The Labute approximate surface area is 112 Å². The van der Waals surface area contributed by atoms with Gasteiger partial charge < -0.3 is 19.8 Å². The molecule has 18 heavy (non-hydrogen) atoms. The van der Waals surface area contributed by atoms with Gasteiger partial charge in [-0.15, -0.1) is 11.8 Å². The number of hydrogen-bond donors (Lipinski definition) is 1. The number of carboxylic acids is 1. The molecule has 1 aliphatic rings. The second-order valence-corrected chi connectivity index (χ2v) is 5.68. The fraction of sp³-hybridized carbons (Fsp3) is 0.818. The summed E-state index contributed by atoms with van der Waals surface area (Å²) in [5.41, 5.74) is 0. The third kappa shape index (κ3) is 4.06. The van der Waals surface area contributed by atoms with Crippen LogP contribution in [-0.2, 0) is 4.79 Å². The number of hydrogen-bond acceptors (Lipinski definition) is 4. The quantitative estimate of drug-likeness (QED) is 0.789. The van der Waals surface area contributed by atoms with Gasteiger partial charge in [-0.05, 0) is 27.1 Å². The van der Waals surface area contributed by atoms with Gasteiger partial charge in [-0.25, -0.2) is 9.59 Å². The summed E-state index contributed by atoms with van der Waals surface area (Å²) in [4.78, 5) is 28.2. The van der Waals surface area contributed by atoms with E-state index in [1.54, 1.807) is 11.9 Å². The summed E-state index contributed by atoms with van der Waals surface area (Å²) in [5, 5.41) is 9.03. The van der Waals surface area contributed by atoms with Crippen molar-refractivity contribution >= 4 is 23.8 Å². The van der Waals surface area contributed by atoms with Crippen LogP contribution in [0.5, 0.6) is 0 Å². The Morgan fingerprint density at radius 1 is 1.33 bits per heavy atom. The molecule has 1 aliphatic heterocycles. The van der Waals surface area contributed by atoms with Crippen LogP contribution in [0.3, 0.4) is 0 Å². The molecular weight excluding hydrogens is 254 g/mol. The smallest absolute Gasteiger partial charge is 0.327 e. The summed E-state index contributed by atoms with van der Waals surface area (Å²) >= 11 is 1.48. The van der Waals surface area contributed by atoms with Crippen LogP contribution in [0.25, 0.3) is 0 Å². The van der Waals surface area contributed by atoms with Crippen molar-refractivity contribution in [2.24, 2.45) is 0 Å². The van der Waals surface area contributed by atoms with Crippen molar-refractivity contribution in [3.8, 4) is 0 Å². The van der Waals surface area contributed by atoms with Gasteiger partial charge in [0.05, 0.1) is 5.88 Å². The first-order valence-electron chi connectivity index (χ1n) is 5.90. The molecule has 1 fully saturated rings. The third-order valence-corrected chi connectivity index (χ3v) is 3.85. The Hall–Kier alpha value is -0.950. The summed E-state index contributed by atoms with van der Waals surface area (Å²) in [6, 6.07) is -0.870. The molecule has 0 saturated carbocycles. The molecular formula is C11H21N3O3S. The van der Waals surface area contributed by atoms with Crippen LogP contribution in [0, 0.1) is 0 Å². The van der Waals surface area contributed by atoms with E-state index in [2.05, 4.69) is 4.90 Å². The van der Waals surface area contributed by atoms with Crippen molar-refractivity contribution in [1.82, 2.24) is 14.7 Å². The number of carboxylic acid groups (broad SMARTS) is 1. The summed E-state index contributed by atoms with van der Waals surface area (Å²) in [5.74, 6) is 0.0236. The highest BCUT2D eigenvalue weighted by atomic mass is 32.2. The first-order chi connectivity index (χ1) is 8.43.